The largest absolute Gasteiger partial charge is 0.493 e. The highest BCUT2D eigenvalue weighted by Crippen LogP contribution is 2.28. The van der Waals surface area contributed by atoms with E-state index in [1.807, 2.05) is 0 Å². The van der Waals surface area contributed by atoms with E-state index in [0.717, 1.165) is 13.1 Å². The number of Topliss-reactive ketones (excluding diaryl/α,β-unsaturated/α-hetero) is 1. The van der Waals surface area contributed by atoms with Crippen molar-refractivity contribution in [3.8, 4) is 11.5 Å². The lowest BCUT2D eigenvalue weighted by Gasteiger charge is -2.28. The molecule has 1 aliphatic rings. The summed E-state index contributed by atoms with van der Waals surface area (Å²) in [7, 11) is 1.52. The van der Waals surface area contributed by atoms with Crippen LogP contribution in [-0.2, 0) is 4.74 Å². The number of morpholine rings is 1. The van der Waals surface area contributed by atoms with Crippen molar-refractivity contribution in [1.82, 2.24) is 4.90 Å². The van der Waals surface area contributed by atoms with Gasteiger partial charge in [-0.05, 0) is 25.1 Å². The van der Waals surface area contributed by atoms with Crippen LogP contribution in [0, 0.1) is 0 Å². The zero-order valence-electron chi connectivity index (χ0n) is 13.1. The fraction of sp³-hybridized carbons (Fsp3) is 0.562. The van der Waals surface area contributed by atoms with Crippen molar-refractivity contribution in [3.63, 3.8) is 0 Å². The van der Waals surface area contributed by atoms with Gasteiger partial charge in [0.15, 0.2) is 17.3 Å². The van der Waals surface area contributed by atoms with Gasteiger partial charge in [0.2, 0.25) is 0 Å². The minimum atomic E-state index is -0.588. The van der Waals surface area contributed by atoms with Crippen molar-refractivity contribution in [2.75, 3.05) is 46.6 Å². The molecule has 1 saturated heterocycles. The molecule has 0 spiro atoms. The van der Waals surface area contributed by atoms with Crippen LogP contribution in [-0.4, -0.2) is 68.5 Å². The van der Waals surface area contributed by atoms with E-state index in [2.05, 4.69) is 4.90 Å². The fourth-order valence-electron chi connectivity index (χ4n) is 2.33. The molecule has 1 aliphatic heterocycles. The van der Waals surface area contributed by atoms with Gasteiger partial charge in [-0.25, -0.2) is 0 Å². The topological polar surface area (TPSA) is 68.2 Å². The number of benzene rings is 1. The lowest BCUT2D eigenvalue weighted by molar-refractivity contribution is 0.00445. The number of ether oxygens (including phenoxy) is 3. The Morgan fingerprint density at radius 3 is 2.73 bits per heavy atom. The molecule has 1 aromatic carbocycles. The quantitative estimate of drug-likeness (QED) is 0.757. The zero-order chi connectivity index (χ0) is 15.9. The zero-order valence-corrected chi connectivity index (χ0v) is 13.1. The van der Waals surface area contributed by atoms with Gasteiger partial charge in [-0.2, -0.15) is 0 Å². The van der Waals surface area contributed by atoms with E-state index in [1.54, 1.807) is 18.2 Å². The summed E-state index contributed by atoms with van der Waals surface area (Å²) >= 11 is 0. The Bertz CT molecular complexity index is 499. The molecule has 6 nitrogen and oxygen atoms in total. The van der Waals surface area contributed by atoms with Gasteiger partial charge in [-0.3, -0.25) is 9.69 Å². The normalized spacial score (nSPS) is 17.0. The van der Waals surface area contributed by atoms with Crippen LogP contribution in [0.25, 0.3) is 0 Å². The van der Waals surface area contributed by atoms with Gasteiger partial charge < -0.3 is 19.3 Å². The standard InChI is InChI=1S/C16H23NO5/c1-12(18)13-3-4-15(16(9-13)20-2)22-11-14(19)10-17-5-7-21-8-6-17/h3-4,9,14,19H,5-8,10-11H2,1-2H3/t14-/m0/s1. The Balaban J connectivity index is 1.88. The van der Waals surface area contributed by atoms with E-state index in [9.17, 15) is 9.90 Å². The number of methoxy groups -OCH3 is 1. The van der Waals surface area contributed by atoms with Crippen LogP contribution >= 0.6 is 0 Å². The Hall–Kier alpha value is -1.63. The van der Waals surface area contributed by atoms with Crippen LogP contribution in [0.2, 0.25) is 0 Å². The number of rotatable bonds is 7. The first-order valence-corrected chi connectivity index (χ1v) is 7.40. The monoisotopic (exact) mass is 309 g/mol. The number of nitrogens with zero attached hydrogens (tertiary/aromatic N) is 1. The SMILES string of the molecule is COc1cc(C(C)=O)ccc1OC[C@@H](O)CN1CCOCC1. The number of hydrogen-bond acceptors (Lipinski definition) is 6. The molecule has 0 aliphatic carbocycles. The van der Waals surface area contributed by atoms with Crippen LogP contribution in [0.4, 0.5) is 0 Å². The highest BCUT2D eigenvalue weighted by Gasteiger charge is 2.16. The highest BCUT2D eigenvalue weighted by molar-refractivity contribution is 5.94. The number of aliphatic hydroxyl groups is 1. The van der Waals surface area contributed by atoms with E-state index in [1.165, 1.54) is 14.0 Å². The maximum Gasteiger partial charge on any atom is 0.161 e. The highest BCUT2D eigenvalue weighted by atomic mass is 16.5. The predicted octanol–water partition coefficient (Wildman–Crippen LogP) is 0.970. The number of carbonyl (C=O) groups excluding carboxylic acids is 1. The van der Waals surface area contributed by atoms with Crippen LogP contribution < -0.4 is 9.47 Å². The molecular weight excluding hydrogens is 286 g/mol. The smallest absolute Gasteiger partial charge is 0.161 e. The van der Waals surface area contributed by atoms with Crippen LogP contribution in [0.1, 0.15) is 17.3 Å². The van der Waals surface area contributed by atoms with Crippen LogP contribution in [0.5, 0.6) is 11.5 Å². The van der Waals surface area contributed by atoms with E-state index < -0.39 is 6.10 Å². The van der Waals surface area contributed by atoms with Gasteiger partial charge in [0, 0.05) is 25.2 Å². The molecule has 0 amide bonds. The molecule has 1 atom stereocenters. The Morgan fingerprint density at radius 1 is 1.36 bits per heavy atom. The van der Waals surface area contributed by atoms with E-state index in [-0.39, 0.29) is 12.4 Å². The lowest BCUT2D eigenvalue weighted by atomic mass is 10.1. The molecule has 1 N–H and O–H groups in total. The second-order valence-electron chi connectivity index (χ2n) is 5.30. The van der Waals surface area contributed by atoms with Crippen molar-refractivity contribution < 1.29 is 24.1 Å². The first-order chi connectivity index (χ1) is 10.6. The van der Waals surface area contributed by atoms with Crippen molar-refractivity contribution in [1.29, 1.82) is 0 Å². The number of carbonyl (C=O) groups is 1. The van der Waals surface area contributed by atoms with Crippen molar-refractivity contribution in [3.05, 3.63) is 23.8 Å². The molecule has 1 heterocycles. The summed E-state index contributed by atoms with van der Waals surface area (Å²) < 4.78 is 16.1. The molecule has 0 aromatic heterocycles. The summed E-state index contributed by atoms with van der Waals surface area (Å²) in [6, 6.07) is 5.03. The van der Waals surface area contributed by atoms with Gasteiger partial charge in [-0.15, -0.1) is 0 Å². The van der Waals surface area contributed by atoms with Gasteiger partial charge >= 0.3 is 0 Å². The third-order valence-corrected chi connectivity index (χ3v) is 3.57. The average molecular weight is 309 g/mol. The molecule has 0 radical (unpaired) electrons. The van der Waals surface area contributed by atoms with Crippen LogP contribution in [0.3, 0.4) is 0 Å². The van der Waals surface area contributed by atoms with Gasteiger partial charge in [0.25, 0.3) is 0 Å². The maximum absolute atomic E-state index is 11.4. The number of β-amino-alcohol motifs (C(OH)–C–C–N with tert-alkyl or cyclic N) is 1. The van der Waals surface area contributed by atoms with Gasteiger partial charge in [-0.1, -0.05) is 0 Å². The molecule has 1 fully saturated rings. The average Bonchev–Trinajstić information content (AvgIpc) is 2.53. The van der Waals surface area contributed by atoms with Gasteiger partial charge in [0.05, 0.1) is 20.3 Å². The molecule has 22 heavy (non-hydrogen) atoms. The summed E-state index contributed by atoms with van der Waals surface area (Å²) in [4.78, 5) is 13.5. The molecule has 0 saturated carbocycles. The maximum atomic E-state index is 11.4. The number of hydrogen-bond donors (Lipinski definition) is 1. The van der Waals surface area contributed by atoms with E-state index >= 15 is 0 Å². The van der Waals surface area contributed by atoms with Crippen molar-refractivity contribution in [2.45, 2.75) is 13.0 Å². The summed E-state index contributed by atoms with van der Waals surface area (Å²) in [5.74, 6) is 0.983. The summed E-state index contributed by atoms with van der Waals surface area (Å²) in [5.41, 5.74) is 0.568. The number of aliphatic hydroxyl groups excluding tert-OH is 1. The molecule has 2 rings (SSSR count). The molecular formula is C16H23NO5. The second kappa shape index (κ2) is 8.12. The first kappa shape index (κ1) is 16.7. The lowest BCUT2D eigenvalue weighted by Crippen LogP contribution is -2.42. The predicted molar refractivity (Wildman–Crippen MR) is 81.8 cm³/mol. The summed E-state index contributed by atoms with van der Waals surface area (Å²) in [6.45, 7) is 5.29. The van der Waals surface area contributed by atoms with Crippen LogP contribution in [0.15, 0.2) is 18.2 Å². The third kappa shape index (κ3) is 4.69. The van der Waals surface area contributed by atoms with Crippen molar-refractivity contribution >= 4 is 5.78 Å². The van der Waals surface area contributed by atoms with E-state index in [0.29, 0.717) is 36.8 Å². The summed E-state index contributed by atoms with van der Waals surface area (Å²) in [5, 5.41) is 10.1. The molecule has 6 heteroatoms. The Morgan fingerprint density at radius 2 is 2.09 bits per heavy atom. The minimum Gasteiger partial charge on any atom is -0.493 e. The summed E-state index contributed by atoms with van der Waals surface area (Å²) in [6.07, 6.45) is -0.588. The molecule has 0 unspecified atom stereocenters. The molecule has 1 aromatic rings. The Labute approximate surface area is 130 Å². The molecule has 0 bridgehead atoms. The Kier molecular flexibility index (Phi) is 6.18. The molecule has 122 valence electrons. The second-order valence-corrected chi connectivity index (χ2v) is 5.30. The third-order valence-electron chi connectivity index (χ3n) is 3.57. The van der Waals surface area contributed by atoms with Crippen molar-refractivity contribution in [2.24, 2.45) is 0 Å². The van der Waals surface area contributed by atoms with E-state index in [4.69, 9.17) is 14.2 Å². The fourth-order valence-corrected chi connectivity index (χ4v) is 2.33. The number of ketones is 1. The minimum absolute atomic E-state index is 0.0304. The van der Waals surface area contributed by atoms with Gasteiger partial charge in [0.1, 0.15) is 12.7 Å². The first-order valence-electron chi connectivity index (χ1n) is 7.40.